The molecule has 0 bridgehead atoms. The Kier molecular flexibility index (Phi) is 3.21. The van der Waals surface area contributed by atoms with Crippen LogP contribution in [0.15, 0.2) is 18.5 Å². The summed E-state index contributed by atoms with van der Waals surface area (Å²) in [6.45, 7) is 4.49. The fourth-order valence-electron chi connectivity index (χ4n) is 2.01. The predicted octanol–water partition coefficient (Wildman–Crippen LogP) is 1.90. The standard InChI is InChI=1S/C12H19N3/c1-10-9-13-6-3-12(10)14-11-4-7-15(2)8-5-11/h3,6,9,11H,4-5,7-8H2,1-2H3,(H,13,14). The third kappa shape index (κ3) is 2.69. The van der Waals surface area contributed by atoms with Crippen LogP contribution in [0.2, 0.25) is 0 Å². The van der Waals surface area contributed by atoms with Gasteiger partial charge < -0.3 is 10.2 Å². The summed E-state index contributed by atoms with van der Waals surface area (Å²) in [5.41, 5.74) is 2.47. The number of hydrogen-bond donors (Lipinski definition) is 1. The van der Waals surface area contributed by atoms with Gasteiger partial charge in [0.1, 0.15) is 0 Å². The molecule has 1 aliphatic rings. The van der Waals surface area contributed by atoms with Gasteiger partial charge in [0.2, 0.25) is 0 Å². The number of piperidine rings is 1. The minimum atomic E-state index is 0.627. The maximum atomic E-state index is 4.10. The molecule has 15 heavy (non-hydrogen) atoms. The number of anilines is 1. The van der Waals surface area contributed by atoms with E-state index in [2.05, 4.69) is 35.2 Å². The van der Waals surface area contributed by atoms with Gasteiger partial charge in [-0.05, 0) is 51.5 Å². The number of hydrogen-bond acceptors (Lipinski definition) is 3. The Hall–Kier alpha value is -1.09. The second-order valence-electron chi connectivity index (χ2n) is 4.41. The van der Waals surface area contributed by atoms with Gasteiger partial charge >= 0.3 is 0 Å². The predicted molar refractivity (Wildman–Crippen MR) is 63.1 cm³/mol. The number of aromatic nitrogens is 1. The van der Waals surface area contributed by atoms with Crippen LogP contribution in [0.3, 0.4) is 0 Å². The molecule has 1 N–H and O–H groups in total. The lowest BCUT2D eigenvalue weighted by atomic mass is 10.0. The number of likely N-dealkylation sites (tertiary alicyclic amines) is 1. The van der Waals surface area contributed by atoms with Gasteiger partial charge in [-0.25, -0.2) is 0 Å². The third-order valence-electron chi connectivity index (χ3n) is 3.10. The minimum Gasteiger partial charge on any atom is -0.382 e. The molecule has 0 atom stereocenters. The quantitative estimate of drug-likeness (QED) is 0.799. The van der Waals surface area contributed by atoms with E-state index in [1.165, 1.54) is 37.2 Å². The molecule has 3 nitrogen and oxygen atoms in total. The van der Waals surface area contributed by atoms with E-state index in [1.54, 1.807) is 0 Å². The maximum Gasteiger partial charge on any atom is 0.0402 e. The monoisotopic (exact) mass is 205 g/mol. The first-order chi connectivity index (χ1) is 7.25. The Bertz CT molecular complexity index is 316. The second kappa shape index (κ2) is 4.62. The molecule has 82 valence electrons. The highest BCUT2D eigenvalue weighted by molar-refractivity contribution is 5.49. The number of pyridine rings is 1. The molecule has 0 amide bonds. The zero-order chi connectivity index (χ0) is 10.7. The van der Waals surface area contributed by atoms with E-state index < -0.39 is 0 Å². The summed E-state index contributed by atoms with van der Waals surface area (Å²) in [5.74, 6) is 0. The van der Waals surface area contributed by atoms with Crippen molar-refractivity contribution >= 4 is 5.69 Å². The van der Waals surface area contributed by atoms with Crippen LogP contribution in [0.4, 0.5) is 5.69 Å². The van der Waals surface area contributed by atoms with Crippen LogP contribution in [-0.2, 0) is 0 Å². The van der Waals surface area contributed by atoms with E-state index in [4.69, 9.17) is 0 Å². The Labute approximate surface area is 91.5 Å². The molecule has 3 heteroatoms. The van der Waals surface area contributed by atoms with Gasteiger partial charge in [0.05, 0.1) is 0 Å². The van der Waals surface area contributed by atoms with E-state index in [1.807, 2.05) is 12.4 Å². The van der Waals surface area contributed by atoms with E-state index in [0.29, 0.717) is 6.04 Å². The summed E-state index contributed by atoms with van der Waals surface area (Å²) in [4.78, 5) is 6.49. The van der Waals surface area contributed by atoms with Crippen molar-refractivity contribution in [3.8, 4) is 0 Å². The van der Waals surface area contributed by atoms with Gasteiger partial charge in [0, 0.05) is 24.1 Å². The van der Waals surface area contributed by atoms with Crippen molar-refractivity contribution in [2.24, 2.45) is 0 Å². The van der Waals surface area contributed by atoms with E-state index in [9.17, 15) is 0 Å². The molecule has 1 saturated heterocycles. The van der Waals surface area contributed by atoms with Crippen LogP contribution < -0.4 is 5.32 Å². The van der Waals surface area contributed by atoms with Gasteiger partial charge in [-0.1, -0.05) is 0 Å². The van der Waals surface area contributed by atoms with Crippen molar-refractivity contribution in [1.82, 2.24) is 9.88 Å². The van der Waals surface area contributed by atoms with Gasteiger partial charge in [-0.3, -0.25) is 4.98 Å². The third-order valence-corrected chi connectivity index (χ3v) is 3.10. The number of aryl methyl sites for hydroxylation is 1. The maximum absolute atomic E-state index is 4.10. The number of nitrogens with zero attached hydrogens (tertiary/aromatic N) is 2. The average molecular weight is 205 g/mol. The number of nitrogens with one attached hydrogen (secondary N) is 1. The van der Waals surface area contributed by atoms with E-state index in [-0.39, 0.29) is 0 Å². The van der Waals surface area contributed by atoms with Gasteiger partial charge in [0.25, 0.3) is 0 Å². The van der Waals surface area contributed by atoms with Crippen molar-refractivity contribution in [3.63, 3.8) is 0 Å². The molecule has 2 heterocycles. The lowest BCUT2D eigenvalue weighted by Gasteiger charge is -2.30. The Balaban J connectivity index is 1.95. The summed E-state index contributed by atoms with van der Waals surface area (Å²) in [7, 11) is 2.19. The molecule has 1 fully saturated rings. The lowest BCUT2D eigenvalue weighted by Crippen LogP contribution is -2.36. The van der Waals surface area contributed by atoms with Gasteiger partial charge in [-0.2, -0.15) is 0 Å². The summed E-state index contributed by atoms with van der Waals surface area (Å²) >= 11 is 0. The highest BCUT2D eigenvalue weighted by Gasteiger charge is 2.16. The fraction of sp³-hybridized carbons (Fsp3) is 0.583. The smallest absolute Gasteiger partial charge is 0.0402 e. The molecule has 0 aliphatic carbocycles. The average Bonchev–Trinajstić information content (AvgIpc) is 2.25. The molecule has 0 spiro atoms. The van der Waals surface area contributed by atoms with Crippen LogP contribution >= 0.6 is 0 Å². The Morgan fingerprint density at radius 2 is 2.13 bits per heavy atom. The largest absolute Gasteiger partial charge is 0.382 e. The second-order valence-corrected chi connectivity index (χ2v) is 4.41. The highest BCUT2D eigenvalue weighted by Crippen LogP contribution is 2.18. The molecular formula is C12H19N3. The first-order valence-corrected chi connectivity index (χ1v) is 5.61. The molecule has 0 radical (unpaired) electrons. The van der Waals surface area contributed by atoms with Crippen molar-refractivity contribution in [2.45, 2.75) is 25.8 Å². The van der Waals surface area contributed by atoms with E-state index >= 15 is 0 Å². The molecule has 1 aliphatic heterocycles. The minimum absolute atomic E-state index is 0.627. The summed E-state index contributed by atoms with van der Waals surface area (Å²) in [6, 6.07) is 2.69. The molecule has 0 aromatic carbocycles. The van der Waals surface area contributed by atoms with E-state index in [0.717, 1.165) is 0 Å². The molecule has 2 rings (SSSR count). The first-order valence-electron chi connectivity index (χ1n) is 5.61. The Morgan fingerprint density at radius 1 is 1.40 bits per heavy atom. The van der Waals surface area contributed by atoms with Crippen molar-refractivity contribution in [2.75, 3.05) is 25.5 Å². The highest BCUT2D eigenvalue weighted by atomic mass is 15.1. The molecule has 0 unspecified atom stereocenters. The van der Waals surface area contributed by atoms with Crippen LogP contribution in [0.5, 0.6) is 0 Å². The molecule has 1 aromatic heterocycles. The van der Waals surface area contributed by atoms with Crippen LogP contribution in [0, 0.1) is 6.92 Å². The van der Waals surface area contributed by atoms with Crippen LogP contribution in [-0.4, -0.2) is 36.1 Å². The normalized spacial score (nSPS) is 19.1. The van der Waals surface area contributed by atoms with Gasteiger partial charge in [0.15, 0.2) is 0 Å². The van der Waals surface area contributed by atoms with Crippen molar-refractivity contribution in [1.29, 1.82) is 0 Å². The van der Waals surface area contributed by atoms with Gasteiger partial charge in [-0.15, -0.1) is 0 Å². The molecule has 0 saturated carbocycles. The molecular weight excluding hydrogens is 186 g/mol. The summed E-state index contributed by atoms with van der Waals surface area (Å²) in [5, 5.41) is 3.60. The van der Waals surface area contributed by atoms with Crippen molar-refractivity contribution in [3.05, 3.63) is 24.0 Å². The van der Waals surface area contributed by atoms with Crippen molar-refractivity contribution < 1.29 is 0 Å². The first kappa shape index (κ1) is 10.4. The fourth-order valence-corrected chi connectivity index (χ4v) is 2.01. The lowest BCUT2D eigenvalue weighted by molar-refractivity contribution is 0.264. The number of rotatable bonds is 2. The SMILES string of the molecule is Cc1cnccc1NC1CCN(C)CC1. The zero-order valence-electron chi connectivity index (χ0n) is 9.53. The summed E-state index contributed by atoms with van der Waals surface area (Å²) < 4.78 is 0. The Morgan fingerprint density at radius 3 is 2.80 bits per heavy atom. The molecule has 1 aromatic rings. The van der Waals surface area contributed by atoms with Crippen LogP contribution in [0.1, 0.15) is 18.4 Å². The zero-order valence-corrected chi connectivity index (χ0v) is 9.53. The summed E-state index contributed by atoms with van der Waals surface area (Å²) in [6.07, 6.45) is 6.23. The van der Waals surface area contributed by atoms with Crippen LogP contribution in [0.25, 0.3) is 0 Å². The topological polar surface area (TPSA) is 28.2 Å².